The maximum absolute atomic E-state index is 12.3. The van der Waals surface area contributed by atoms with E-state index < -0.39 is 12.0 Å². The summed E-state index contributed by atoms with van der Waals surface area (Å²) in [4.78, 5) is 28.5. The molecule has 2 heterocycles. The summed E-state index contributed by atoms with van der Waals surface area (Å²) >= 11 is 1.23. The highest BCUT2D eigenvalue weighted by Crippen LogP contribution is 2.22. The lowest BCUT2D eigenvalue weighted by Crippen LogP contribution is -2.39. The fourth-order valence-electron chi connectivity index (χ4n) is 2.00. The molecule has 0 saturated carbocycles. The van der Waals surface area contributed by atoms with E-state index in [9.17, 15) is 9.59 Å². The van der Waals surface area contributed by atoms with Crippen molar-refractivity contribution in [1.82, 2.24) is 20.1 Å². The molecule has 2 aromatic rings. The minimum absolute atomic E-state index is 0.347. The first-order valence-corrected chi connectivity index (χ1v) is 7.55. The number of rotatable bonds is 4. The zero-order valence-electron chi connectivity index (χ0n) is 13.1. The van der Waals surface area contributed by atoms with E-state index in [0.29, 0.717) is 15.7 Å². The third-order valence-corrected chi connectivity index (χ3v) is 4.22. The van der Waals surface area contributed by atoms with Crippen LogP contribution in [0.3, 0.4) is 0 Å². The van der Waals surface area contributed by atoms with Crippen molar-refractivity contribution in [2.75, 3.05) is 7.11 Å². The van der Waals surface area contributed by atoms with Crippen LogP contribution >= 0.6 is 11.3 Å². The van der Waals surface area contributed by atoms with E-state index in [1.54, 1.807) is 18.5 Å². The number of esters is 1. The Morgan fingerprint density at radius 1 is 1.36 bits per heavy atom. The molecular formula is C14H18N4O3S. The largest absolute Gasteiger partial charge is 0.467 e. The van der Waals surface area contributed by atoms with Crippen LogP contribution in [0.2, 0.25) is 0 Å². The number of hydrogen-bond donors (Lipinski definition) is 1. The Labute approximate surface area is 132 Å². The SMILES string of the molecule is COC(=O)C(C)NC(=O)c1sc(-n2nc(C)cc2C)nc1C. The number of nitrogens with zero attached hydrogens (tertiary/aromatic N) is 3. The normalized spacial score (nSPS) is 12.0. The lowest BCUT2D eigenvalue weighted by Gasteiger charge is -2.10. The van der Waals surface area contributed by atoms with E-state index >= 15 is 0 Å². The van der Waals surface area contributed by atoms with Crippen LogP contribution in [-0.4, -0.2) is 39.8 Å². The van der Waals surface area contributed by atoms with Crippen molar-refractivity contribution >= 4 is 23.2 Å². The maximum atomic E-state index is 12.3. The number of aromatic nitrogens is 3. The molecule has 0 aliphatic carbocycles. The molecule has 1 atom stereocenters. The van der Waals surface area contributed by atoms with Crippen LogP contribution in [0.15, 0.2) is 6.07 Å². The van der Waals surface area contributed by atoms with Gasteiger partial charge in [-0.15, -0.1) is 0 Å². The zero-order chi connectivity index (χ0) is 16.4. The monoisotopic (exact) mass is 322 g/mol. The average Bonchev–Trinajstić information content (AvgIpc) is 3.00. The van der Waals surface area contributed by atoms with Crippen molar-refractivity contribution in [3.63, 3.8) is 0 Å². The third kappa shape index (κ3) is 3.16. The van der Waals surface area contributed by atoms with Gasteiger partial charge >= 0.3 is 5.97 Å². The Morgan fingerprint density at radius 2 is 2.05 bits per heavy atom. The molecule has 1 N–H and O–H groups in total. The number of carbonyl (C=O) groups is 2. The average molecular weight is 322 g/mol. The zero-order valence-corrected chi connectivity index (χ0v) is 13.9. The van der Waals surface area contributed by atoms with E-state index in [2.05, 4.69) is 20.1 Å². The molecule has 0 aromatic carbocycles. The molecule has 0 spiro atoms. The number of methoxy groups -OCH3 is 1. The topological polar surface area (TPSA) is 86.1 Å². The van der Waals surface area contributed by atoms with E-state index in [1.807, 2.05) is 19.9 Å². The highest BCUT2D eigenvalue weighted by molar-refractivity contribution is 7.16. The lowest BCUT2D eigenvalue weighted by atomic mass is 10.3. The number of carbonyl (C=O) groups excluding carboxylic acids is 2. The molecule has 1 amide bonds. The number of nitrogens with one attached hydrogen (secondary N) is 1. The van der Waals surface area contributed by atoms with Crippen LogP contribution in [0.25, 0.3) is 5.13 Å². The molecule has 0 aliphatic rings. The van der Waals surface area contributed by atoms with Gasteiger partial charge in [-0.2, -0.15) is 5.10 Å². The van der Waals surface area contributed by atoms with E-state index in [0.717, 1.165) is 11.4 Å². The van der Waals surface area contributed by atoms with Crippen molar-refractivity contribution in [1.29, 1.82) is 0 Å². The molecule has 0 saturated heterocycles. The minimum atomic E-state index is -0.712. The van der Waals surface area contributed by atoms with Crippen LogP contribution in [0.1, 0.15) is 33.7 Å². The number of amides is 1. The molecule has 8 heteroatoms. The van der Waals surface area contributed by atoms with E-state index in [4.69, 9.17) is 0 Å². The second kappa shape index (κ2) is 6.27. The molecule has 2 rings (SSSR count). The number of hydrogen-bond acceptors (Lipinski definition) is 6. The van der Waals surface area contributed by atoms with Crippen LogP contribution in [-0.2, 0) is 9.53 Å². The molecule has 2 aromatic heterocycles. The van der Waals surface area contributed by atoms with Gasteiger partial charge in [0.25, 0.3) is 5.91 Å². The van der Waals surface area contributed by atoms with Gasteiger partial charge in [0, 0.05) is 5.69 Å². The summed E-state index contributed by atoms with van der Waals surface area (Å²) in [6.45, 7) is 7.15. The van der Waals surface area contributed by atoms with Crippen molar-refractivity contribution in [3.8, 4) is 5.13 Å². The Hall–Kier alpha value is -2.22. The summed E-state index contributed by atoms with van der Waals surface area (Å²) in [6.07, 6.45) is 0. The number of ether oxygens (including phenoxy) is 1. The summed E-state index contributed by atoms with van der Waals surface area (Å²) in [5.74, 6) is -0.838. The molecule has 1 unspecified atom stereocenters. The van der Waals surface area contributed by atoms with Crippen LogP contribution in [0.4, 0.5) is 0 Å². The van der Waals surface area contributed by atoms with Crippen molar-refractivity contribution in [2.24, 2.45) is 0 Å². The molecule has 0 aliphatic heterocycles. The molecule has 0 bridgehead atoms. The van der Waals surface area contributed by atoms with E-state index in [-0.39, 0.29) is 5.91 Å². The third-order valence-electron chi connectivity index (χ3n) is 3.08. The van der Waals surface area contributed by atoms with Gasteiger partial charge < -0.3 is 10.1 Å². The second-order valence-corrected chi connectivity index (χ2v) is 5.95. The fourth-order valence-corrected chi connectivity index (χ4v) is 2.99. The standard InChI is InChI=1S/C14H18N4O3S/c1-7-6-8(2)18(17-7)14-16-9(3)11(22-14)12(19)15-10(4)13(20)21-5/h6,10H,1-5H3,(H,15,19). The summed E-state index contributed by atoms with van der Waals surface area (Å²) in [7, 11) is 1.28. The van der Waals surface area contributed by atoms with Crippen molar-refractivity contribution in [2.45, 2.75) is 33.7 Å². The van der Waals surface area contributed by atoms with Gasteiger partial charge in [0.2, 0.25) is 5.13 Å². The Kier molecular flexibility index (Phi) is 4.60. The summed E-state index contributed by atoms with van der Waals surface area (Å²) in [5, 5.41) is 7.58. The Bertz CT molecular complexity index is 720. The van der Waals surface area contributed by atoms with Crippen molar-refractivity contribution < 1.29 is 14.3 Å². The first kappa shape index (κ1) is 16.2. The summed E-state index contributed by atoms with van der Waals surface area (Å²) in [5.41, 5.74) is 2.43. The van der Waals surface area contributed by atoms with Crippen LogP contribution in [0.5, 0.6) is 0 Å². The second-order valence-electron chi connectivity index (χ2n) is 4.97. The van der Waals surface area contributed by atoms with Gasteiger partial charge in [-0.1, -0.05) is 11.3 Å². The molecule has 0 fully saturated rings. The highest BCUT2D eigenvalue weighted by atomic mass is 32.1. The fraction of sp³-hybridized carbons (Fsp3) is 0.429. The quantitative estimate of drug-likeness (QED) is 0.863. The van der Waals surface area contributed by atoms with E-state index in [1.165, 1.54) is 18.4 Å². The highest BCUT2D eigenvalue weighted by Gasteiger charge is 2.22. The van der Waals surface area contributed by atoms with Gasteiger partial charge in [-0.25, -0.2) is 14.5 Å². The first-order chi connectivity index (χ1) is 10.3. The molecule has 7 nitrogen and oxygen atoms in total. The Morgan fingerprint density at radius 3 is 2.59 bits per heavy atom. The van der Waals surface area contributed by atoms with Gasteiger partial charge in [0.15, 0.2) is 0 Å². The smallest absolute Gasteiger partial charge is 0.328 e. The predicted octanol–water partition coefficient (Wildman–Crippen LogP) is 1.55. The molecular weight excluding hydrogens is 304 g/mol. The number of thiazole rings is 1. The van der Waals surface area contributed by atoms with Crippen LogP contribution in [0, 0.1) is 20.8 Å². The predicted molar refractivity (Wildman–Crippen MR) is 82.4 cm³/mol. The van der Waals surface area contributed by atoms with Gasteiger partial charge in [0.05, 0.1) is 18.5 Å². The Balaban J connectivity index is 2.25. The maximum Gasteiger partial charge on any atom is 0.328 e. The lowest BCUT2D eigenvalue weighted by molar-refractivity contribution is -0.142. The molecule has 118 valence electrons. The minimum Gasteiger partial charge on any atom is -0.467 e. The summed E-state index contributed by atoms with van der Waals surface area (Å²) < 4.78 is 6.29. The molecule has 22 heavy (non-hydrogen) atoms. The molecule has 0 radical (unpaired) electrons. The van der Waals surface area contributed by atoms with Gasteiger partial charge in [-0.3, -0.25) is 4.79 Å². The first-order valence-electron chi connectivity index (χ1n) is 6.73. The van der Waals surface area contributed by atoms with Crippen molar-refractivity contribution in [3.05, 3.63) is 28.0 Å². The van der Waals surface area contributed by atoms with Gasteiger partial charge in [-0.05, 0) is 33.8 Å². The summed E-state index contributed by atoms with van der Waals surface area (Å²) in [6, 6.07) is 1.23. The van der Waals surface area contributed by atoms with Crippen LogP contribution < -0.4 is 5.32 Å². The van der Waals surface area contributed by atoms with Gasteiger partial charge in [0.1, 0.15) is 10.9 Å². The number of aryl methyl sites for hydroxylation is 3.